The number of aromatic nitrogens is 1. The highest BCUT2D eigenvalue weighted by Crippen LogP contribution is 2.36. The summed E-state index contributed by atoms with van der Waals surface area (Å²) in [6.45, 7) is 10.1. The molecule has 0 aliphatic carbocycles. The van der Waals surface area contributed by atoms with Crippen LogP contribution in [0, 0.1) is 6.92 Å². The minimum Gasteiger partial charge on any atom is -0.399 e. The molecule has 0 bridgehead atoms. The smallest absolute Gasteiger partial charge is 0.399 e. The monoisotopic (exact) mass is 311 g/mol. The van der Waals surface area contributed by atoms with Crippen molar-refractivity contribution < 1.29 is 9.31 Å². The molecule has 23 heavy (non-hydrogen) atoms. The Hall–Kier alpha value is -1.85. The van der Waals surface area contributed by atoms with Gasteiger partial charge in [-0.1, -0.05) is 12.1 Å². The Morgan fingerprint density at radius 2 is 1.65 bits per heavy atom. The van der Waals surface area contributed by atoms with Crippen LogP contribution in [0.5, 0.6) is 0 Å². The van der Waals surface area contributed by atoms with Crippen LogP contribution in [-0.4, -0.2) is 22.9 Å². The normalized spacial score (nSPS) is 19.1. The molecule has 2 heterocycles. The van der Waals surface area contributed by atoms with Crippen molar-refractivity contribution in [2.24, 2.45) is 0 Å². The van der Waals surface area contributed by atoms with Crippen molar-refractivity contribution in [1.29, 1.82) is 0 Å². The van der Waals surface area contributed by atoms with Gasteiger partial charge >= 0.3 is 7.12 Å². The van der Waals surface area contributed by atoms with Crippen LogP contribution in [0.25, 0.3) is 5.69 Å². The number of rotatable bonds is 2. The summed E-state index contributed by atoms with van der Waals surface area (Å²) in [6, 6.07) is 11.1. The van der Waals surface area contributed by atoms with Crippen LogP contribution in [0.15, 0.2) is 47.4 Å². The molecule has 0 amide bonds. The van der Waals surface area contributed by atoms with Crippen LogP contribution in [-0.2, 0) is 9.31 Å². The van der Waals surface area contributed by atoms with Crippen molar-refractivity contribution in [3.63, 3.8) is 0 Å². The molecule has 1 fully saturated rings. The summed E-state index contributed by atoms with van der Waals surface area (Å²) in [7, 11) is -0.432. The van der Waals surface area contributed by atoms with Crippen LogP contribution in [0.1, 0.15) is 33.3 Å². The Labute approximate surface area is 137 Å². The van der Waals surface area contributed by atoms with E-state index in [1.807, 2.05) is 58.9 Å². The molecule has 5 heteroatoms. The number of pyridine rings is 1. The van der Waals surface area contributed by atoms with Crippen molar-refractivity contribution in [3.8, 4) is 5.69 Å². The number of nitrogens with zero attached hydrogens (tertiary/aromatic N) is 1. The second-order valence-corrected chi connectivity index (χ2v) is 7.10. The first-order chi connectivity index (χ1) is 10.7. The van der Waals surface area contributed by atoms with E-state index >= 15 is 0 Å². The second kappa shape index (κ2) is 5.36. The summed E-state index contributed by atoms with van der Waals surface area (Å²) >= 11 is 0. The van der Waals surface area contributed by atoms with Gasteiger partial charge in [0, 0.05) is 18.0 Å². The molecule has 3 rings (SSSR count). The van der Waals surface area contributed by atoms with Gasteiger partial charge in [0.1, 0.15) is 0 Å². The fraction of sp³-hybridized carbons (Fsp3) is 0.389. The van der Waals surface area contributed by atoms with E-state index < -0.39 is 7.12 Å². The highest BCUT2D eigenvalue weighted by molar-refractivity contribution is 6.62. The van der Waals surface area contributed by atoms with Gasteiger partial charge in [0.2, 0.25) is 0 Å². The Morgan fingerprint density at radius 1 is 1.00 bits per heavy atom. The predicted octanol–water partition coefficient (Wildman–Crippen LogP) is 2.45. The summed E-state index contributed by atoms with van der Waals surface area (Å²) in [6.07, 6.45) is 1.77. The maximum atomic E-state index is 12.1. The average Bonchev–Trinajstić information content (AvgIpc) is 2.67. The first-order valence-corrected chi connectivity index (χ1v) is 7.85. The minimum atomic E-state index is -0.432. The fourth-order valence-corrected chi connectivity index (χ4v) is 2.69. The fourth-order valence-electron chi connectivity index (χ4n) is 2.69. The lowest BCUT2D eigenvalue weighted by Gasteiger charge is -2.32. The van der Waals surface area contributed by atoms with Crippen molar-refractivity contribution in [1.82, 2.24) is 4.57 Å². The Balaban J connectivity index is 2.03. The van der Waals surface area contributed by atoms with Crippen molar-refractivity contribution in [3.05, 3.63) is 58.5 Å². The zero-order chi connectivity index (χ0) is 16.8. The molecule has 1 aromatic heterocycles. The molecule has 1 aromatic carbocycles. The molecular weight excluding hydrogens is 289 g/mol. The molecule has 1 aliphatic rings. The van der Waals surface area contributed by atoms with E-state index in [9.17, 15) is 4.79 Å². The number of hydrogen-bond donors (Lipinski definition) is 0. The van der Waals surface area contributed by atoms with Crippen molar-refractivity contribution in [2.75, 3.05) is 0 Å². The van der Waals surface area contributed by atoms with E-state index in [1.54, 1.807) is 22.9 Å². The van der Waals surface area contributed by atoms with Crippen LogP contribution >= 0.6 is 0 Å². The third kappa shape index (κ3) is 2.86. The zero-order valence-electron chi connectivity index (χ0n) is 14.3. The summed E-state index contributed by atoms with van der Waals surface area (Å²) in [5, 5.41) is 0. The third-order valence-electron chi connectivity index (χ3n) is 4.71. The summed E-state index contributed by atoms with van der Waals surface area (Å²) in [5.41, 5.74) is 1.98. The Bertz CT molecular complexity index is 779. The summed E-state index contributed by atoms with van der Waals surface area (Å²) < 4.78 is 13.9. The number of aryl methyl sites for hydroxylation is 1. The first-order valence-electron chi connectivity index (χ1n) is 7.85. The Kier molecular flexibility index (Phi) is 3.73. The Morgan fingerprint density at radius 3 is 2.26 bits per heavy atom. The molecule has 120 valence electrons. The van der Waals surface area contributed by atoms with E-state index in [1.165, 1.54) is 0 Å². The topological polar surface area (TPSA) is 40.5 Å². The van der Waals surface area contributed by atoms with Crippen LogP contribution in [0.2, 0.25) is 0 Å². The molecule has 0 radical (unpaired) electrons. The lowest BCUT2D eigenvalue weighted by atomic mass is 9.78. The number of hydrogen-bond acceptors (Lipinski definition) is 3. The molecule has 0 saturated carbocycles. The maximum Gasteiger partial charge on any atom is 0.494 e. The van der Waals surface area contributed by atoms with E-state index in [2.05, 4.69) is 0 Å². The zero-order valence-corrected chi connectivity index (χ0v) is 14.3. The minimum absolute atomic E-state index is 0.0574. The maximum absolute atomic E-state index is 12.1. The van der Waals surface area contributed by atoms with Gasteiger partial charge in [-0.05, 0) is 63.8 Å². The van der Waals surface area contributed by atoms with Gasteiger partial charge < -0.3 is 9.31 Å². The summed E-state index contributed by atoms with van der Waals surface area (Å²) in [4.78, 5) is 12.1. The molecule has 2 aromatic rings. The van der Waals surface area contributed by atoms with Crippen molar-refractivity contribution in [2.45, 2.75) is 45.8 Å². The van der Waals surface area contributed by atoms with Crippen molar-refractivity contribution >= 4 is 12.6 Å². The van der Waals surface area contributed by atoms with Gasteiger partial charge in [-0.3, -0.25) is 9.36 Å². The molecule has 0 spiro atoms. The summed E-state index contributed by atoms with van der Waals surface area (Å²) in [5.74, 6) is 0. The lowest BCUT2D eigenvalue weighted by Crippen LogP contribution is -2.41. The predicted molar refractivity (Wildman–Crippen MR) is 92.5 cm³/mol. The molecule has 0 N–H and O–H groups in total. The standard InChI is InChI=1S/C18H22BNO3/c1-13-10-14(19-22-17(2,3)18(4,5)23-19)12-15(11-13)20-9-7-6-8-16(20)21/h6-12H,1-5H3. The van der Waals surface area contributed by atoms with Gasteiger partial charge in [0.25, 0.3) is 5.56 Å². The molecule has 1 aliphatic heterocycles. The highest BCUT2D eigenvalue weighted by atomic mass is 16.7. The average molecular weight is 311 g/mol. The molecule has 0 atom stereocenters. The quantitative estimate of drug-likeness (QED) is 0.800. The largest absolute Gasteiger partial charge is 0.494 e. The SMILES string of the molecule is Cc1cc(B2OC(C)(C)C(C)(C)O2)cc(-n2ccccc2=O)c1. The van der Waals surface area contributed by atoms with Crippen LogP contribution in [0.4, 0.5) is 0 Å². The molecular formula is C18H22BNO3. The van der Waals surface area contributed by atoms with Crippen LogP contribution in [0.3, 0.4) is 0 Å². The molecule has 0 unspecified atom stereocenters. The second-order valence-electron chi connectivity index (χ2n) is 7.10. The van der Waals surface area contributed by atoms with E-state index in [4.69, 9.17) is 9.31 Å². The van der Waals surface area contributed by atoms with Gasteiger partial charge in [-0.15, -0.1) is 0 Å². The molecule has 1 saturated heterocycles. The number of benzene rings is 1. The van der Waals surface area contributed by atoms with Crippen LogP contribution < -0.4 is 11.0 Å². The van der Waals surface area contributed by atoms with Gasteiger partial charge in [0.05, 0.1) is 11.2 Å². The van der Waals surface area contributed by atoms with Gasteiger partial charge in [0.15, 0.2) is 0 Å². The van der Waals surface area contributed by atoms with E-state index in [0.29, 0.717) is 0 Å². The van der Waals surface area contributed by atoms with Gasteiger partial charge in [-0.2, -0.15) is 0 Å². The highest BCUT2D eigenvalue weighted by Gasteiger charge is 2.51. The van der Waals surface area contributed by atoms with Gasteiger partial charge in [-0.25, -0.2) is 0 Å². The molecule has 4 nitrogen and oxygen atoms in total. The van der Waals surface area contributed by atoms with E-state index in [-0.39, 0.29) is 16.8 Å². The van der Waals surface area contributed by atoms with E-state index in [0.717, 1.165) is 16.7 Å². The lowest BCUT2D eigenvalue weighted by molar-refractivity contribution is 0.00578. The first kappa shape index (κ1) is 16.0. The third-order valence-corrected chi connectivity index (χ3v) is 4.71.